The number of hydrogen-bond acceptors (Lipinski definition) is 4. The van der Waals surface area contributed by atoms with Gasteiger partial charge in [0.1, 0.15) is 11.4 Å². The molecule has 2 atom stereocenters. The van der Waals surface area contributed by atoms with E-state index in [4.69, 9.17) is 16.3 Å². The van der Waals surface area contributed by atoms with Crippen LogP contribution in [0.1, 0.15) is 31.4 Å². The molecule has 4 rings (SSSR count). The number of halogens is 1. The number of methoxy groups -OCH3 is 1. The van der Waals surface area contributed by atoms with Gasteiger partial charge >= 0.3 is 0 Å². The molecule has 1 fully saturated rings. The highest BCUT2D eigenvalue weighted by Gasteiger charge is 2.44. The van der Waals surface area contributed by atoms with Crippen molar-refractivity contribution in [3.63, 3.8) is 0 Å². The van der Waals surface area contributed by atoms with Crippen molar-refractivity contribution in [1.29, 1.82) is 0 Å². The number of rotatable bonds is 4. The predicted octanol–water partition coefficient (Wildman–Crippen LogP) is 4.92. The zero-order valence-corrected chi connectivity index (χ0v) is 19.1. The van der Waals surface area contributed by atoms with Gasteiger partial charge in [0.2, 0.25) is 0 Å². The van der Waals surface area contributed by atoms with Crippen LogP contribution < -0.4 is 9.64 Å². The summed E-state index contributed by atoms with van der Waals surface area (Å²) >= 11 is 6.21. The van der Waals surface area contributed by atoms with E-state index in [-0.39, 0.29) is 11.8 Å². The summed E-state index contributed by atoms with van der Waals surface area (Å²) in [6.45, 7) is 7.76. The van der Waals surface area contributed by atoms with Gasteiger partial charge < -0.3 is 9.64 Å². The Morgan fingerprint density at radius 1 is 0.968 bits per heavy atom. The molecule has 0 bridgehead atoms. The van der Waals surface area contributed by atoms with Crippen LogP contribution in [0.15, 0.2) is 48.2 Å². The van der Waals surface area contributed by atoms with Crippen LogP contribution in [0.3, 0.4) is 0 Å². The number of aryl methyl sites for hydroxylation is 1. The summed E-state index contributed by atoms with van der Waals surface area (Å²) in [6, 6.07) is 12.6. The molecule has 0 aliphatic carbocycles. The lowest BCUT2D eigenvalue weighted by Crippen LogP contribution is -2.42. The molecule has 1 saturated heterocycles. The van der Waals surface area contributed by atoms with E-state index < -0.39 is 0 Å². The second-order valence-corrected chi connectivity index (χ2v) is 9.12. The van der Waals surface area contributed by atoms with E-state index in [0.29, 0.717) is 45.1 Å². The summed E-state index contributed by atoms with van der Waals surface area (Å²) in [5.74, 6) is 0.978. The molecule has 0 radical (unpaired) electrons. The highest BCUT2D eigenvalue weighted by Crippen LogP contribution is 2.39. The molecule has 162 valence electrons. The van der Waals surface area contributed by atoms with Gasteiger partial charge in [0.05, 0.1) is 18.4 Å². The Morgan fingerprint density at radius 2 is 1.61 bits per heavy atom. The van der Waals surface area contributed by atoms with E-state index in [2.05, 4.69) is 18.7 Å². The molecule has 2 heterocycles. The van der Waals surface area contributed by atoms with Gasteiger partial charge in [-0.05, 0) is 60.6 Å². The number of amides is 2. The average Bonchev–Trinajstić information content (AvgIpc) is 2.99. The third kappa shape index (κ3) is 3.94. The van der Waals surface area contributed by atoms with Crippen LogP contribution in [0.2, 0.25) is 5.02 Å². The molecule has 6 heteroatoms. The standard InChI is InChI=1S/C25H27ClN2O3/c1-15-11-16(2)14-27(13-15)23-22(18-6-9-20(31-4)10-7-18)24(29)28(25(23)30)21-12-19(26)8-5-17(21)3/h5-10,12,15-16H,11,13-14H2,1-4H3. The largest absolute Gasteiger partial charge is 0.497 e. The van der Waals surface area contributed by atoms with E-state index >= 15 is 0 Å². The normalized spacial score (nSPS) is 21.8. The first-order valence-electron chi connectivity index (χ1n) is 10.6. The fourth-order valence-electron chi connectivity index (χ4n) is 4.72. The summed E-state index contributed by atoms with van der Waals surface area (Å²) < 4.78 is 5.27. The zero-order valence-electron chi connectivity index (χ0n) is 18.3. The summed E-state index contributed by atoms with van der Waals surface area (Å²) in [5.41, 5.74) is 2.98. The molecule has 31 heavy (non-hydrogen) atoms. The fraction of sp³-hybridized carbons (Fsp3) is 0.360. The Labute approximate surface area is 188 Å². The SMILES string of the molecule is COc1ccc(C2=C(N3CC(C)CC(C)C3)C(=O)N(c3cc(Cl)ccc3C)C2=O)cc1. The molecule has 5 nitrogen and oxygen atoms in total. The molecule has 0 spiro atoms. The Hall–Kier alpha value is -2.79. The Bertz CT molecular complexity index is 1050. The Kier molecular flexibility index (Phi) is 5.80. The van der Waals surface area contributed by atoms with Gasteiger partial charge in [-0.1, -0.05) is 43.6 Å². The topological polar surface area (TPSA) is 49.9 Å². The summed E-state index contributed by atoms with van der Waals surface area (Å²) in [4.78, 5) is 30.8. The fourth-order valence-corrected chi connectivity index (χ4v) is 4.88. The third-order valence-corrected chi connectivity index (χ3v) is 6.27. The lowest BCUT2D eigenvalue weighted by molar-refractivity contribution is -0.120. The van der Waals surface area contributed by atoms with E-state index in [1.54, 1.807) is 19.2 Å². The van der Waals surface area contributed by atoms with Gasteiger partial charge in [0, 0.05) is 18.1 Å². The lowest BCUT2D eigenvalue weighted by atomic mass is 9.91. The number of benzene rings is 2. The van der Waals surface area contributed by atoms with Crippen LogP contribution >= 0.6 is 11.6 Å². The molecule has 2 aliphatic rings. The maximum atomic E-state index is 13.7. The molecule has 2 aliphatic heterocycles. The zero-order chi connectivity index (χ0) is 22.3. The first kappa shape index (κ1) is 21.4. The van der Waals surface area contributed by atoms with Crippen molar-refractivity contribution in [2.75, 3.05) is 25.1 Å². The Balaban J connectivity index is 1.85. The molecular weight excluding hydrogens is 412 g/mol. The van der Waals surface area contributed by atoms with Crippen LogP contribution in [0.5, 0.6) is 5.75 Å². The van der Waals surface area contributed by atoms with Gasteiger partial charge in [-0.3, -0.25) is 9.59 Å². The summed E-state index contributed by atoms with van der Waals surface area (Å²) in [7, 11) is 1.60. The number of carbonyl (C=O) groups excluding carboxylic acids is 2. The summed E-state index contributed by atoms with van der Waals surface area (Å²) in [6.07, 6.45) is 1.11. The number of ether oxygens (including phenoxy) is 1. The number of carbonyl (C=O) groups is 2. The number of anilines is 1. The van der Waals surface area contributed by atoms with Crippen LogP contribution in [-0.4, -0.2) is 36.9 Å². The van der Waals surface area contributed by atoms with Gasteiger partial charge in [-0.25, -0.2) is 4.90 Å². The highest BCUT2D eigenvalue weighted by molar-refractivity contribution is 6.45. The second kappa shape index (κ2) is 8.39. The van der Waals surface area contributed by atoms with Crippen molar-refractivity contribution in [2.24, 2.45) is 11.8 Å². The van der Waals surface area contributed by atoms with E-state index in [9.17, 15) is 9.59 Å². The van der Waals surface area contributed by atoms with Gasteiger partial charge in [0.25, 0.3) is 11.8 Å². The van der Waals surface area contributed by atoms with E-state index in [1.807, 2.05) is 37.3 Å². The van der Waals surface area contributed by atoms with Crippen LogP contribution in [0.25, 0.3) is 5.57 Å². The minimum atomic E-state index is -0.318. The smallest absolute Gasteiger partial charge is 0.282 e. The monoisotopic (exact) mass is 438 g/mol. The molecule has 2 aromatic rings. The van der Waals surface area contributed by atoms with Gasteiger partial charge in [0.15, 0.2) is 0 Å². The van der Waals surface area contributed by atoms with Crippen molar-refractivity contribution in [2.45, 2.75) is 27.2 Å². The van der Waals surface area contributed by atoms with Gasteiger partial charge in [-0.15, -0.1) is 0 Å². The molecule has 2 amide bonds. The molecule has 2 unspecified atom stereocenters. The number of imide groups is 1. The van der Waals surface area contributed by atoms with Gasteiger partial charge in [-0.2, -0.15) is 0 Å². The van der Waals surface area contributed by atoms with Crippen LogP contribution in [-0.2, 0) is 9.59 Å². The number of hydrogen-bond donors (Lipinski definition) is 0. The van der Waals surface area contributed by atoms with Crippen LogP contribution in [0.4, 0.5) is 5.69 Å². The van der Waals surface area contributed by atoms with Crippen molar-refractivity contribution in [3.8, 4) is 5.75 Å². The minimum absolute atomic E-state index is 0.289. The second-order valence-electron chi connectivity index (χ2n) is 8.68. The number of nitrogens with zero attached hydrogens (tertiary/aromatic N) is 2. The van der Waals surface area contributed by atoms with E-state index in [1.165, 1.54) is 4.90 Å². The molecule has 0 aromatic heterocycles. The van der Waals surface area contributed by atoms with Crippen molar-refractivity contribution in [3.05, 3.63) is 64.3 Å². The highest BCUT2D eigenvalue weighted by atomic mass is 35.5. The van der Waals surface area contributed by atoms with Crippen LogP contribution in [0, 0.1) is 18.8 Å². The Morgan fingerprint density at radius 3 is 2.23 bits per heavy atom. The average molecular weight is 439 g/mol. The van der Waals surface area contributed by atoms with Crippen molar-refractivity contribution < 1.29 is 14.3 Å². The lowest BCUT2D eigenvalue weighted by Gasteiger charge is -2.37. The first-order chi connectivity index (χ1) is 14.8. The number of likely N-dealkylation sites (tertiary alicyclic amines) is 1. The minimum Gasteiger partial charge on any atom is -0.497 e. The van der Waals surface area contributed by atoms with E-state index in [0.717, 1.165) is 25.1 Å². The first-order valence-corrected chi connectivity index (χ1v) is 11.0. The molecule has 0 N–H and O–H groups in total. The quantitative estimate of drug-likeness (QED) is 0.636. The maximum Gasteiger partial charge on any atom is 0.282 e. The third-order valence-electron chi connectivity index (χ3n) is 6.04. The number of piperidine rings is 1. The molecule has 2 aromatic carbocycles. The van der Waals surface area contributed by atoms with Crippen molar-refractivity contribution in [1.82, 2.24) is 4.90 Å². The maximum absolute atomic E-state index is 13.7. The predicted molar refractivity (Wildman–Crippen MR) is 123 cm³/mol. The van der Waals surface area contributed by atoms with Crippen molar-refractivity contribution >= 4 is 34.7 Å². The summed E-state index contributed by atoms with van der Waals surface area (Å²) in [5, 5.41) is 0.487. The molecular formula is C25H27ClN2O3. The molecule has 0 saturated carbocycles.